The van der Waals surface area contributed by atoms with Crippen LogP contribution in [0.25, 0.3) is 0 Å². The molecule has 1 aromatic rings. The number of amides is 1. The first-order chi connectivity index (χ1) is 9.34. The van der Waals surface area contributed by atoms with E-state index in [1.807, 2.05) is 13.0 Å². The van der Waals surface area contributed by atoms with Crippen LogP contribution in [0.2, 0.25) is 0 Å². The Balaban J connectivity index is 2.71. The van der Waals surface area contributed by atoms with Crippen LogP contribution in [0.5, 0.6) is 0 Å². The predicted molar refractivity (Wildman–Crippen MR) is 75.4 cm³/mol. The number of nitrogens with zero attached hydrogens (tertiary/aromatic N) is 1. The number of carbonyl (C=O) groups is 1. The van der Waals surface area contributed by atoms with Crippen molar-refractivity contribution in [3.8, 4) is 0 Å². The Hall–Kier alpha value is -2.05. The second-order valence-electron chi connectivity index (χ2n) is 5.18. The lowest BCUT2D eigenvalue weighted by atomic mass is 9.90. The van der Waals surface area contributed by atoms with Crippen molar-refractivity contribution in [1.82, 2.24) is 5.59 Å². The number of rotatable bonds is 4. The molecule has 0 bridgehead atoms. The number of hydrogen-bond acceptors (Lipinski definition) is 5. The van der Waals surface area contributed by atoms with Gasteiger partial charge in [-0.2, -0.15) is 0 Å². The smallest absolute Gasteiger partial charge is 0.250 e. The second-order valence-corrected chi connectivity index (χ2v) is 5.18. The summed E-state index contributed by atoms with van der Waals surface area (Å²) in [6, 6.07) is 3.61. The Morgan fingerprint density at radius 1 is 1.50 bits per heavy atom. The van der Waals surface area contributed by atoms with Crippen LogP contribution < -0.4 is 16.3 Å². The Morgan fingerprint density at radius 3 is 2.65 bits per heavy atom. The summed E-state index contributed by atoms with van der Waals surface area (Å²) in [5.74, 6) is -0.553. The average Bonchev–Trinajstić information content (AvgIpc) is 2.89. The van der Waals surface area contributed by atoms with Crippen LogP contribution in [0.4, 0.5) is 5.69 Å². The predicted octanol–water partition coefficient (Wildman–Crippen LogP) is 1.30. The molecule has 1 heterocycles. The summed E-state index contributed by atoms with van der Waals surface area (Å²) >= 11 is 0. The SMILES string of the molecule is CCc1cc(C(N)=O)c(N2C=CON2)c(C(C)(C)O)c1. The van der Waals surface area contributed by atoms with Crippen LogP contribution in [0.1, 0.15) is 42.3 Å². The lowest BCUT2D eigenvalue weighted by Gasteiger charge is -2.28. The summed E-state index contributed by atoms with van der Waals surface area (Å²) in [6.45, 7) is 5.30. The summed E-state index contributed by atoms with van der Waals surface area (Å²) < 4.78 is 0. The molecule has 0 aromatic heterocycles. The number of aliphatic hydroxyl groups is 1. The van der Waals surface area contributed by atoms with Gasteiger partial charge in [0.1, 0.15) is 6.26 Å². The molecule has 6 nitrogen and oxygen atoms in total. The summed E-state index contributed by atoms with van der Waals surface area (Å²) in [5.41, 5.74) is 9.35. The maximum absolute atomic E-state index is 11.7. The van der Waals surface area contributed by atoms with Crippen molar-refractivity contribution >= 4 is 11.6 Å². The van der Waals surface area contributed by atoms with E-state index >= 15 is 0 Å². The summed E-state index contributed by atoms with van der Waals surface area (Å²) in [7, 11) is 0. The molecule has 2 rings (SSSR count). The maximum Gasteiger partial charge on any atom is 0.250 e. The molecule has 0 unspecified atom stereocenters. The van der Waals surface area contributed by atoms with Gasteiger partial charge in [-0.1, -0.05) is 18.6 Å². The number of carbonyl (C=O) groups excluding carboxylic acids is 1. The first-order valence-electron chi connectivity index (χ1n) is 6.41. The van der Waals surface area contributed by atoms with E-state index in [1.54, 1.807) is 26.1 Å². The van der Waals surface area contributed by atoms with E-state index in [1.165, 1.54) is 11.3 Å². The summed E-state index contributed by atoms with van der Waals surface area (Å²) in [4.78, 5) is 16.7. The van der Waals surface area contributed by atoms with Gasteiger partial charge in [-0.3, -0.25) is 4.79 Å². The fourth-order valence-electron chi connectivity index (χ4n) is 2.14. The Bertz CT molecular complexity index is 562. The molecule has 0 spiro atoms. The molecular weight excluding hydrogens is 258 g/mol. The van der Waals surface area contributed by atoms with E-state index in [0.717, 1.165) is 12.0 Å². The Kier molecular flexibility index (Phi) is 3.69. The van der Waals surface area contributed by atoms with E-state index in [-0.39, 0.29) is 0 Å². The molecule has 0 radical (unpaired) electrons. The van der Waals surface area contributed by atoms with Gasteiger partial charge < -0.3 is 15.7 Å². The molecule has 20 heavy (non-hydrogen) atoms. The standard InChI is InChI=1S/C14H19N3O3/c1-4-9-7-10(13(15)18)12(17-5-6-20-16-17)11(8-9)14(2,3)19/h5-8,16,19H,4H2,1-3H3,(H2,15,18). The lowest BCUT2D eigenvalue weighted by molar-refractivity contribution is 0.0781. The third-order valence-corrected chi connectivity index (χ3v) is 3.17. The monoisotopic (exact) mass is 277 g/mol. The molecule has 0 saturated heterocycles. The molecular formula is C14H19N3O3. The molecule has 1 aromatic carbocycles. The minimum Gasteiger partial charge on any atom is -0.395 e. The quantitative estimate of drug-likeness (QED) is 0.772. The van der Waals surface area contributed by atoms with Crippen molar-refractivity contribution in [2.24, 2.45) is 5.73 Å². The Morgan fingerprint density at radius 2 is 2.20 bits per heavy atom. The highest BCUT2D eigenvalue weighted by molar-refractivity contribution is 6.00. The van der Waals surface area contributed by atoms with Crippen LogP contribution in [-0.2, 0) is 16.9 Å². The van der Waals surface area contributed by atoms with Crippen molar-refractivity contribution in [2.75, 3.05) is 5.01 Å². The summed E-state index contributed by atoms with van der Waals surface area (Å²) in [5, 5.41) is 11.9. The molecule has 108 valence electrons. The second kappa shape index (κ2) is 5.15. The fraction of sp³-hybridized carbons (Fsp3) is 0.357. The van der Waals surface area contributed by atoms with Crippen LogP contribution in [-0.4, -0.2) is 11.0 Å². The van der Waals surface area contributed by atoms with E-state index in [9.17, 15) is 9.90 Å². The van der Waals surface area contributed by atoms with Gasteiger partial charge >= 0.3 is 0 Å². The normalized spacial score (nSPS) is 14.5. The van der Waals surface area contributed by atoms with Crippen LogP contribution in [0.3, 0.4) is 0 Å². The highest BCUT2D eigenvalue weighted by atomic mass is 16.7. The highest BCUT2D eigenvalue weighted by Crippen LogP contribution is 2.35. The maximum atomic E-state index is 11.7. The van der Waals surface area contributed by atoms with Crippen molar-refractivity contribution in [3.05, 3.63) is 41.3 Å². The van der Waals surface area contributed by atoms with Gasteiger partial charge in [0.2, 0.25) is 0 Å². The number of anilines is 1. The first-order valence-corrected chi connectivity index (χ1v) is 6.41. The number of hydrazine groups is 1. The zero-order valence-corrected chi connectivity index (χ0v) is 11.8. The van der Waals surface area contributed by atoms with E-state index < -0.39 is 11.5 Å². The van der Waals surface area contributed by atoms with E-state index in [4.69, 9.17) is 10.6 Å². The van der Waals surface area contributed by atoms with Gasteiger partial charge in [0.05, 0.1) is 23.1 Å². The van der Waals surface area contributed by atoms with Crippen molar-refractivity contribution in [2.45, 2.75) is 32.8 Å². The number of nitrogens with two attached hydrogens (primary N) is 1. The van der Waals surface area contributed by atoms with Gasteiger partial charge in [-0.05, 0) is 31.9 Å². The highest BCUT2D eigenvalue weighted by Gasteiger charge is 2.28. The van der Waals surface area contributed by atoms with Gasteiger partial charge in [0.15, 0.2) is 0 Å². The molecule has 0 atom stereocenters. The average molecular weight is 277 g/mol. The first kappa shape index (κ1) is 14.4. The largest absolute Gasteiger partial charge is 0.395 e. The Labute approximate surface area is 117 Å². The van der Waals surface area contributed by atoms with Gasteiger partial charge in [-0.15, -0.1) is 0 Å². The topological polar surface area (TPSA) is 87.8 Å². The van der Waals surface area contributed by atoms with Crippen molar-refractivity contribution < 1.29 is 14.7 Å². The fourth-order valence-corrected chi connectivity index (χ4v) is 2.14. The number of primary amides is 1. The number of hydrogen-bond donors (Lipinski definition) is 3. The zero-order valence-electron chi connectivity index (χ0n) is 11.8. The van der Waals surface area contributed by atoms with E-state index in [0.29, 0.717) is 16.8 Å². The van der Waals surface area contributed by atoms with E-state index in [2.05, 4.69) is 5.59 Å². The molecule has 0 aliphatic carbocycles. The van der Waals surface area contributed by atoms with Gasteiger partial charge in [-0.25, -0.2) is 5.01 Å². The van der Waals surface area contributed by atoms with Gasteiger partial charge in [0, 0.05) is 5.56 Å². The number of benzene rings is 1. The van der Waals surface area contributed by atoms with Crippen LogP contribution in [0.15, 0.2) is 24.6 Å². The zero-order chi connectivity index (χ0) is 14.9. The molecule has 1 aliphatic rings. The third kappa shape index (κ3) is 2.61. The minimum atomic E-state index is -1.12. The molecule has 0 fully saturated rings. The van der Waals surface area contributed by atoms with Gasteiger partial charge in [0.25, 0.3) is 5.91 Å². The van der Waals surface area contributed by atoms with Crippen molar-refractivity contribution in [1.29, 1.82) is 0 Å². The lowest BCUT2D eigenvalue weighted by Crippen LogP contribution is -2.33. The molecule has 6 heteroatoms. The molecule has 0 saturated carbocycles. The summed E-state index contributed by atoms with van der Waals surface area (Å²) in [6.07, 6.45) is 3.79. The molecule has 1 amide bonds. The minimum absolute atomic E-state index is 0.337. The molecule has 4 N–H and O–H groups in total. The van der Waals surface area contributed by atoms with Crippen molar-refractivity contribution in [3.63, 3.8) is 0 Å². The third-order valence-electron chi connectivity index (χ3n) is 3.17. The molecule has 1 aliphatic heterocycles. The van der Waals surface area contributed by atoms with Crippen LogP contribution >= 0.6 is 0 Å². The van der Waals surface area contributed by atoms with Crippen LogP contribution in [0, 0.1) is 0 Å². The number of aryl methyl sites for hydroxylation is 1. The number of nitrogens with one attached hydrogen (secondary N) is 1.